The first-order valence-corrected chi connectivity index (χ1v) is 11.9. The van der Waals surface area contributed by atoms with Crippen LogP contribution in [-0.4, -0.2) is 15.7 Å². The molecule has 3 rings (SSSR count). The molecule has 30 heavy (non-hydrogen) atoms. The summed E-state index contributed by atoms with van der Waals surface area (Å²) >= 11 is 3.55. The zero-order chi connectivity index (χ0) is 22.7. The largest absolute Gasteiger partial charge is 0.408 e. The van der Waals surface area contributed by atoms with Gasteiger partial charge in [-0.2, -0.15) is 0 Å². The molecule has 0 spiro atoms. The topological polar surface area (TPSA) is 78.3 Å². The molecule has 0 bridgehead atoms. The van der Waals surface area contributed by atoms with Crippen molar-refractivity contribution in [3.8, 4) is 0 Å². The van der Waals surface area contributed by atoms with E-state index in [1.165, 1.54) is 18.4 Å². The van der Waals surface area contributed by atoms with Crippen LogP contribution in [0.1, 0.15) is 75.9 Å². The summed E-state index contributed by atoms with van der Waals surface area (Å²) in [5.74, 6) is -0.354. The summed E-state index contributed by atoms with van der Waals surface area (Å²) in [5.41, 5.74) is 14.9. The molecule has 1 aliphatic rings. The quantitative estimate of drug-likeness (QED) is 0.402. The molecule has 6 heteroatoms. The van der Waals surface area contributed by atoms with Gasteiger partial charge in [0.1, 0.15) is 0 Å². The molecule has 0 atom stereocenters. The molecule has 0 saturated heterocycles. The lowest BCUT2D eigenvalue weighted by molar-refractivity contribution is 0.1000. The Hall–Kier alpha value is -1.63. The first kappa shape index (κ1) is 24.6. The van der Waals surface area contributed by atoms with Gasteiger partial charge in [-0.3, -0.25) is 4.79 Å². The molecule has 0 aromatic heterocycles. The molecule has 162 valence electrons. The molecule has 2 aromatic rings. The molecule has 0 unspecified atom stereocenters. The number of halogens is 1. The summed E-state index contributed by atoms with van der Waals surface area (Å²) in [7, 11) is 0.435. The summed E-state index contributed by atoms with van der Waals surface area (Å²) in [6.45, 7) is 12.9. The predicted octanol–water partition coefficient (Wildman–Crippen LogP) is 5.96. The normalized spacial score (nSPS) is 15.2. The standard InChI is InChI=1S/C13H20BrNOSi.C11H13NO/c1-12(2,3)17-16-13(4,5)11-9(14)7-6-8-10(11)15;1-11(6-7-11)9-4-2-8(3-5-9)10(12)13/h6-8H,15H2,1-5H3;2-5H,6-7H2,1H3,(H2,12,13). The highest BCUT2D eigenvalue weighted by Crippen LogP contribution is 2.47. The van der Waals surface area contributed by atoms with Gasteiger partial charge in [0.15, 0.2) is 0 Å². The number of benzene rings is 2. The van der Waals surface area contributed by atoms with E-state index in [2.05, 4.69) is 57.5 Å². The molecule has 0 heterocycles. The van der Waals surface area contributed by atoms with Gasteiger partial charge in [-0.15, -0.1) is 0 Å². The Kier molecular flexibility index (Phi) is 7.59. The summed E-state index contributed by atoms with van der Waals surface area (Å²) in [6.07, 6.45) is 2.51. The Balaban J connectivity index is 0.000000220. The van der Waals surface area contributed by atoms with Crippen LogP contribution < -0.4 is 11.5 Å². The summed E-state index contributed by atoms with van der Waals surface area (Å²) in [4.78, 5) is 10.8. The minimum Gasteiger partial charge on any atom is -0.408 e. The Bertz CT molecular complexity index is 865. The highest BCUT2D eigenvalue weighted by atomic mass is 79.9. The number of rotatable bonds is 5. The maximum Gasteiger partial charge on any atom is 0.248 e. The Morgan fingerprint density at radius 3 is 2.07 bits per heavy atom. The zero-order valence-corrected chi connectivity index (χ0v) is 21.4. The van der Waals surface area contributed by atoms with Gasteiger partial charge in [-0.1, -0.05) is 61.8 Å². The van der Waals surface area contributed by atoms with Gasteiger partial charge in [-0.05, 0) is 67.0 Å². The smallest absolute Gasteiger partial charge is 0.248 e. The van der Waals surface area contributed by atoms with Crippen LogP contribution in [0.25, 0.3) is 0 Å². The van der Waals surface area contributed by atoms with Crippen LogP contribution in [0.5, 0.6) is 0 Å². The van der Waals surface area contributed by atoms with E-state index in [4.69, 9.17) is 15.9 Å². The van der Waals surface area contributed by atoms with Gasteiger partial charge >= 0.3 is 0 Å². The number of nitrogens with two attached hydrogens (primary N) is 2. The first-order valence-electron chi connectivity index (χ1n) is 10.2. The van der Waals surface area contributed by atoms with Crippen molar-refractivity contribution >= 4 is 37.3 Å². The number of hydrogen-bond acceptors (Lipinski definition) is 3. The number of carbonyl (C=O) groups excluding carboxylic acids is 1. The van der Waals surface area contributed by atoms with Crippen LogP contribution in [0.4, 0.5) is 5.69 Å². The Labute approximate surface area is 191 Å². The predicted molar refractivity (Wildman–Crippen MR) is 130 cm³/mol. The van der Waals surface area contributed by atoms with E-state index in [-0.39, 0.29) is 16.5 Å². The summed E-state index contributed by atoms with van der Waals surface area (Å²) in [6, 6.07) is 13.5. The molecule has 4 N–H and O–H groups in total. The number of hydrogen-bond donors (Lipinski definition) is 2. The van der Waals surface area contributed by atoms with Crippen molar-refractivity contribution in [1.29, 1.82) is 0 Å². The van der Waals surface area contributed by atoms with Gasteiger partial charge in [0, 0.05) is 21.3 Å². The monoisotopic (exact) mass is 488 g/mol. The van der Waals surface area contributed by atoms with Gasteiger partial charge in [-0.25, -0.2) is 0 Å². The molecule has 2 radical (unpaired) electrons. The van der Waals surface area contributed by atoms with Gasteiger partial charge in [0.2, 0.25) is 15.7 Å². The summed E-state index contributed by atoms with van der Waals surface area (Å²) in [5, 5.41) is 0.174. The fourth-order valence-corrected chi connectivity index (χ4v) is 4.54. The van der Waals surface area contributed by atoms with E-state index >= 15 is 0 Å². The number of primary amides is 1. The SMILES string of the molecule is CC(C)(C)[Si]OC(C)(C)c1c(N)cccc1Br.CC1(c2ccc(C(N)=O)cc2)CC1. The molecule has 1 aliphatic carbocycles. The van der Waals surface area contributed by atoms with Crippen molar-refractivity contribution in [3.05, 3.63) is 63.6 Å². The Morgan fingerprint density at radius 1 is 1.07 bits per heavy atom. The minimum atomic E-state index is -0.379. The van der Waals surface area contributed by atoms with Crippen LogP contribution in [0.15, 0.2) is 46.9 Å². The van der Waals surface area contributed by atoms with E-state index in [9.17, 15) is 4.79 Å². The number of anilines is 1. The van der Waals surface area contributed by atoms with Crippen LogP contribution in [0, 0.1) is 0 Å². The molecular formula is C24H33BrN2O2Si. The molecule has 2 aromatic carbocycles. The molecular weight excluding hydrogens is 456 g/mol. The van der Waals surface area contributed by atoms with E-state index in [0.717, 1.165) is 15.7 Å². The maximum absolute atomic E-state index is 10.8. The maximum atomic E-state index is 10.8. The van der Waals surface area contributed by atoms with Crippen molar-refractivity contribution in [1.82, 2.24) is 0 Å². The van der Waals surface area contributed by atoms with E-state index in [1.807, 2.05) is 30.3 Å². The number of nitrogen functional groups attached to an aromatic ring is 1. The second-order valence-corrected chi connectivity index (χ2v) is 12.4. The van der Waals surface area contributed by atoms with Crippen molar-refractivity contribution in [2.24, 2.45) is 5.73 Å². The van der Waals surface area contributed by atoms with Crippen LogP contribution in [0.3, 0.4) is 0 Å². The second-order valence-electron chi connectivity index (χ2n) is 9.67. The lowest BCUT2D eigenvalue weighted by atomic mass is 9.97. The highest BCUT2D eigenvalue weighted by molar-refractivity contribution is 9.10. The minimum absolute atomic E-state index is 0.174. The molecule has 1 fully saturated rings. The Morgan fingerprint density at radius 2 is 1.63 bits per heavy atom. The molecule has 1 saturated carbocycles. The third kappa shape index (κ3) is 6.69. The van der Waals surface area contributed by atoms with E-state index in [0.29, 0.717) is 20.7 Å². The van der Waals surface area contributed by atoms with Crippen LogP contribution in [-0.2, 0) is 15.4 Å². The lowest BCUT2D eigenvalue weighted by Crippen LogP contribution is -2.28. The van der Waals surface area contributed by atoms with Crippen molar-refractivity contribution in [3.63, 3.8) is 0 Å². The van der Waals surface area contributed by atoms with Crippen LogP contribution >= 0.6 is 15.9 Å². The van der Waals surface area contributed by atoms with Crippen molar-refractivity contribution < 1.29 is 9.22 Å². The van der Waals surface area contributed by atoms with E-state index < -0.39 is 0 Å². The number of amides is 1. The third-order valence-corrected chi connectivity index (χ3v) is 7.01. The summed E-state index contributed by atoms with van der Waals surface area (Å²) < 4.78 is 7.06. The van der Waals surface area contributed by atoms with Crippen molar-refractivity contribution in [2.45, 2.75) is 70.4 Å². The second kappa shape index (κ2) is 9.24. The lowest BCUT2D eigenvalue weighted by Gasteiger charge is -2.31. The molecule has 1 amide bonds. The van der Waals surface area contributed by atoms with Crippen molar-refractivity contribution in [2.75, 3.05) is 5.73 Å². The number of carbonyl (C=O) groups is 1. The van der Waals surface area contributed by atoms with E-state index in [1.54, 1.807) is 12.1 Å². The van der Waals surface area contributed by atoms with Gasteiger partial charge < -0.3 is 15.9 Å². The average Bonchev–Trinajstić information content (AvgIpc) is 3.39. The fourth-order valence-electron chi connectivity index (χ4n) is 3.02. The van der Waals surface area contributed by atoms with Gasteiger partial charge in [0.05, 0.1) is 5.60 Å². The average molecular weight is 490 g/mol. The molecule has 0 aliphatic heterocycles. The van der Waals surface area contributed by atoms with Gasteiger partial charge in [0.25, 0.3) is 0 Å². The first-order chi connectivity index (χ1) is 13.8. The highest BCUT2D eigenvalue weighted by Gasteiger charge is 2.38. The molecule has 4 nitrogen and oxygen atoms in total. The third-order valence-electron chi connectivity index (χ3n) is 5.13. The van der Waals surface area contributed by atoms with Crippen LogP contribution in [0.2, 0.25) is 5.04 Å². The zero-order valence-electron chi connectivity index (χ0n) is 18.8. The fraction of sp³-hybridized carbons (Fsp3) is 0.458.